The Labute approximate surface area is 296 Å². The van der Waals surface area contributed by atoms with Crippen LogP contribution < -0.4 is 4.74 Å². The minimum absolute atomic E-state index is 0.0164. The zero-order valence-corrected chi connectivity index (χ0v) is 29.0. The van der Waals surface area contributed by atoms with Crippen molar-refractivity contribution in [3.05, 3.63) is 94.5 Å². The highest BCUT2D eigenvalue weighted by Crippen LogP contribution is 2.39. The van der Waals surface area contributed by atoms with Crippen molar-refractivity contribution in [2.45, 2.75) is 65.3 Å². The van der Waals surface area contributed by atoms with E-state index >= 15 is 0 Å². The highest BCUT2D eigenvalue weighted by atomic mass is 19.3. The van der Waals surface area contributed by atoms with Gasteiger partial charge in [0.2, 0.25) is 5.89 Å². The lowest BCUT2D eigenvalue weighted by Crippen LogP contribution is -2.36. The molecule has 1 aromatic heterocycles. The summed E-state index contributed by atoms with van der Waals surface area (Å²) in [5.41, 5.74) is 9.96. The van der Waals surface area contributed by atoms with E-state index in [-0.39, 0.29) is 18.3 Å². The van der Waals surface area contributed by atoms with Crippen LogP contribution in [0.25, 0.3) is 44.8 Å². The number of esters is 1. The number of carbonyl (C=O) groups excluding carboxylic acids is 1. The number of ether oxygens (including phenoxy) is 2. The molecule has 0 aliphatic carbocycles. The number of hydrogen-bond acceptors (Lipinski definition) is 8. The van der Waals surface area contributed by atoms with E-state index in [0.717, 1.165) is 70.6 Å². The predicted octanol–water partition coefficient (Wildman–Crippen LogP) is 8.65. The van der Waals surface area contributed by atoms with Crippen molar-refractivity contribution in [3.8, 4) is 45.5 Å². The minimum atomic E-state index is -3.03. The third kappa shape index (κ3) is 6.96. The number of benzene rings is 4. The number of nitriles is 1. The summed E-state index contributed by atoms with van der Waals surface area (Å²) >= 11 is 0. The highest BCUT2D eigenvalue weighted by molar-refractivity contribution is 5.85. The molecule has 262 valence electrons. The zero-order valence-electron chi connectivity index (χ0n) is 29.0. The van der Waals surface area contributed by atoms with Crippen LogP contribution in [0.3, 0.4) is 0 Å². The molecule has 0 unspecified atom stereocenters. The maximum Gasteiger partial charge on any atom is 0.387 e. The molecule has 4 aromatic carbocycles. The third-order valence-corrected chi connectivity index (χ3v) is 10.3. The Hall–Kier alpha value is -5.11. The minimum Gasteiger partial charge on any atom is -0.468 e. The van der Waals surface area contributed by atoms with Gasteiger partial charge in [0.05, 0.1) is 18.7 Å². The van der Waals surface area contributed by atoms with Gasteiger partial charge in [-0.05, 0) is 116 Å². The van der Waals surface area contributed by atoms with Crippen LogP contribution in [-0.4, -0.2) is 60.2 Å². The van der Waals surface area contributed by atoms with Gasteiger partial charge in [-0.25, -0.2) is 4.98 Å². The molecule has 0 bridgehead atoms. The standard InChI is InChI=1S/C41H40F2N4O4/c1-25-31(27-14-15-28(29(19-27)22-44)23-46-16-4-5-17-46)9-6-10-32(25)33-11-7-12-34(26(33)2)39-45-35-20-30(37(51-41(42)43)21-38(35)50-39)24-47-18-8-13-36(47)40(48)49-3/h6-7,9-12,14-15,19-21,36,41H,4-5,8,13,16-18,23-24H2,1-3H3/t36-/m0/s1. The number of rotatable bonds is 10. The topological polar surface area (TPSA) is 91.8 Å². The Kier molecular flexibility index (Phi) is 9.85. The molecule has 0 radical (unpaired) electrons. The predicted molar refractivity (Wildman–Crippen MR) is 191 cm³/mol. The first-order chi connectivity index (χ1) is 24.7. The van der Waals surface area contributed by atoms with Crippen molar-refractivity contribution in [1.29, 1.82) is 5.26 Å². The molecular weight excluding hydrogens is 650 g/mol. The van der Waals surface area contributed by atoms with Crippen molar-refractivity contribution >= 4 is 17.1 Å². The lowest BCUT2D eigenvalue weighted by atomic mass is 9.88. The number of likely N-dealkylation sites (tertiary alicyclic amines) is 2. The second-order valence-corrected chi connectivity index (χ2v) is 13.4. The van der Waals surface area contributed by atoms with Crippen LogP contribution in [0.15, 0.2) is 71.1 Å². The van der Waals surface area contributed by atoms with E-state index in [1.54, 1.807) is 6.07 Å². The fourth-order valence-corrected chi connectivity index (χ4v) is 7.65. The smallest absolute Gasteiger partial charge is 0.387 e. The Morgan fingerprint density at radius 2 is 1.63 bits per heavy atom. The lowest BCUT2D eigenvalue weighted by Gasteiger charge is -2.23. The summed E-state index contributed by atoms with van der Waals surface area (Å²) in [5.74, 6) is -0.000991. The number of methoxy groups -OCH3 is 1. The van der Waals surface area contributed by atoms with Gasteiger partial charge in [0, 0.05) is 30.3 Å². The summed E-state index contributed by atoms with van der Waals surface area (Å²) in [6.45, 7) is 4.87. The van der Waals surface area contributed by atoms with Gasteiger partial charge >= 0.3 is 12.6 Å². The van der Waals surface area contributed by atoms with Gasteiger partial charge in [0.1, 0.15) is 17.3 Å². The number of fused-ring (bicyclic) bond motifs is 1. The molecule has 2 aliphatic heterocycles. The first kappa shape index (κ1) is 34.3. The maximum absolute atomic E-state index is 13.5. The molecule has 1 atom stereocenters. The second kappa shape index (κ2) is 14.6. The number of hydrogen-bond donors (Lipinski definition) is 0. The van der Waals surface area contributed by atoms with Gasteiger partial charge in [0.15, 0.2) is 5.58 Å². The summed E-state index contributed by atoms with van der Waals surface area (Å²) < 4.78 is 43.2. The Morgan fingerprint density at radius 1 is 0.922 bits per heavy atom. The SMILES string of the molecule is COC(=O)[C@@H]1CCCN1Cc1cc2nc(-c3cccc(-c4cccc(-c5ccc(CN6CCCC6)c(C#N)c5)c4C)c3C)oc2cc1OC(F)F. The quantitative estimate of drug-likeness (QED) is 0.135. The highest BCUT2D eigenvalue weighted by Gasteiger charge is 2.32. The van der Waals surface area contributed by atoms with E-state index in [1.165, 1.54) is 26.0 Å². The second-order valence-electron chi connectivity index (χ2n) is 13.4. The first-order valence-corrected chi connectivity index (χ1v) is 17.4. The number of oxazole rings is 1. The number of carbonyl (C=O) groups is 1. The van der Waals surface area contributed by atoms with Crippen molar-refractivity contribution < 1.29 is 27.5 Å². The van der Waals surface area contributed by atoms with Crippen LogP contribution in [0.5, 0.6) is 5.75 Å². The molecule has 7 rings (SSSR count). The van der Waals surface area contributed by atoms with E-state index in [9.17, 15) is 18.8 Å². The Morgan fingerprint density at radius 3 is 2.33 bits per heavy atom. The summed E-state index contributed by atoms with van der Waals surface area (Å²) in [4.78, 5) is 21.5. The maximum atomic E-state index is 13.5. The van der Waals surface area contributed by atoms with Crippen molar-refractivity contribution in [2.24, 2.45) is 0 Å². The van der Waals surface area contributed by atoms with Crippen molar-refractivity contribution in [2.75, 3.05) is 26.7 Å². The third-order valence-electron chi connectivity index (χ3n) is 10.3. The van der Waals surface area contributed by atoms with Crippen LogP contribution in [0, 0.1) is 25.2 Å². The molecule has 0 amide bonds. The summed E-state index contributed by atoms with van der Waals surface area (Å²) in [7, 11) is 1.35. The number of halogens is 2. The van der Waals surface area contributed by atoms with Gasteiger partial charge in [-0.15, -0.1) is 0 Å². The Balaban J connectivity index is 1.21. The Bertz CT molecular complexity index is 2130. The molecule has 0 saturated carbocycles. The summed E-state index contributed by atoms with van der Waals surface area (Å²) in [5, 5.41) is 10.0. The van der Waals surface area contributed by atoms with Crippen LogP contribution in [0.1, 0.15) is 53.5 Å². The van der Waals surface area contributed by atoms with Crippen LogP contribution >= 0.6 is 0 Å². The normalized spacial score (nSPS) is 16.6. The van der Waals surface area contributed by atoms with E-state index in [4.69, 9.17) is 18.9 Å². The zero-order chi connectivity index (χ0) is 35.6. The molecule has 8 nitrogen and oxygen atoms in total. The van der Waals surface area contributed by atoms with E-state index < -0.39 is 12.7 Å². The molecule has 2 aliphatic rings. The molecule has 0 spiro atoms. The largest absolute Gasteiger partial charge is 0.468 e. The first-order valence-electron chi connectivity index (χ1n) is 17.4. The fourth-order valence-electron chi connectivity index (χ4n) is 7.65. The van der Waals surface area contributed by atoms with E-state index in [1.807, 2.05) is 36.1 Å². The van der Waals surface area contributed by atoms with Gasteiger partial charge < -0.3 is 13.9 Å². The van der Waals surface area contributed by atoms with Crippen LogP contribution in [0.4, 0.5) is 8.78 Å². The number of alkyl halides is 2. The number of nitrogens with zero attached hydrogens (tertiary/aromatic N) is 4. The van der Waals surface area contributed by atoms with E-state index in [0.29, 0.717) is 41.1 Å². The average Bonchev–Trinajstić information content (AvgIpc) is 3.90. The van der Waals surface area contributed by atoms with Crippen molar-refractivity contribution in [1.82, 2.24) is 14.8 Å². The summed E-state index contributed by atoms with van der Waals surface area (Å²) in [6.07, 6.45) is 3.84. The molecule has 5 aromatic rings. The van der Waals surface area contributed by atoms with Crippen LogP contribution in [0.2, 0.25) is 0 Å². The molecule has 51 heavy (non-hydrogen) atoms. The molecule has 3 heterocycles. The molecule has 2 fully saturated rings. The van der Waals surface area contributed by atoms with Gasteiger partial charge in [-0.1, -0.05) is 42.5 Å². The van der Waals surface area contributed by atoms with Crippen LogP contribution in [-0.2, 0) is 22.6 Å². The van der Waals surface area contributed by atoms with Crippen molar-refractivity contribution in [3.63, 3.8) is 0 Å². The molecule has 0 N–H and O–H groups in total. The fraction of sp³-hybridized carbons (Fsp3) is 0.341. The monoisotopic (exact) mass is 690 g/mol. The summed E-state index contributed by atoms with van der Waals surface area (Å²) in [6, 6.07) is 23.5. The molecule has 2 saturated heterocycles. The van der Waals surface area contributed by atoms with Gasteiger partial charge in [0.25, 0.3) is 0 Å². The molecular formula is C41H40F2N4O4. The average molecular weight is 691 g/mol. The van der Waals surface area contributed by atoms with Gasteiger partial charge in [-0.2, -0.15) is 14.0 Å². The number of aromatic nitrogens is 1. The molecule has 10 heteroatoms. The van der Waals surface area contributed by atoms with Gasteiger partial charge in [-0.3, -0.25) is 14.6 Å². The van der Waals surface area contributed by atoms with E-state index in [2.05, 4.69) is 48.2 Å². The lowest BCUT2D eigenvalue weighted by molar-refractivity contribution is -0.146.